The van der Waals surface area contributed by atoms with Crippen molar-refractivity contribution in [3.63, 3.8) is 0 Å². The smallest absolute Gasteiger partial charge is 0.460 e. The van der Waals surface area contributed by atoms with Crippen LogP contribution in [0.25, 0.3) is 10.9 Å². The molecule has 206 valence electrons. The number of aromatic nitrogens is 1. The number of halogens is 9. The van der Waals surface area contributed by atoms with Crippen molar-refractivity contribution in [3.05, 3.63) is 65.4 Å². The third-order valence-electron chi connectivity index (χ3n) is 5.66. The van der Waals surface area contributed by atoms with Crippen molar-refractivity contribution >= 4 is 22.8 Å². The molecule has 1 heterocycles. The summed E-state index contributed by atoms with van der Waals surface area (Å²) in [4.78, 5) is 24.2. The number of hydrogen-bond acceptors (Lipinski definition) is 3. The third-order valence-corrected chi connectivity index (χ3v) is 5.66. The summed E-state index contributed by atoms with van der Waals surface area (Å²) < 4.78 is 123. The molecule has 0 aliphatic carbocycles. The average molecular weight is 555 g/mol. The van der Waals surface area contributed by atoms with Gasteiger partial charge in [0.1, 0.15) is 5.75 Å². The molecule has 0 unspecified atom stereocenters. The molecule has 3 rings (SSSR count). The highest BCUT2D eigenvalue weighted by molar-refractivity contribution is 6.04. The first-order valence-corrected chi connectivity index (χ1v) is 10.7. The number of carboxylic acids is 1. The van der Waals surface area contributed by atoms with Gasteiger partial charge in [-0.25, -0.2) is 0 Å². The van der Waals surface area contributed by atoms with E-state index in [1.807, 2.05) is 0 Å². The van der Waals surface area contributed by atoms with Gasteiger partial charge in [-0.1, -0.05) is 12.1 Å². The molecule has 2 aromatic carbocycles. The van der Waals surface area contributed by atoms with E-state index in [1.54, 1.807) is 31.2 Å². The van der Waals surface area contributed by atoms with Gasteiger partial charge >= 0.3 is 29.9 Å². The molecule has 38 heavy (non-hydrogen) atoms. The molecule has 0 aliphatic heterocycles. The topological polar surface area (TPSA) is 68.5 Å². The Labute approximate surface area is 208 Å². The van der Waals surface area contributed by atoms with Gasteiger partial charge in [0.15, 0.2) is 0 Å². The maximum absolute atomic E-state index is 13.6. The lowest BCUT2D eigenvalue weighted by Crippen LogP contribution is -2.61. The summed E-state index contributed by atoms with van der Waals surface area (Å²) in [5.41, 5.74) is 1.43. The van der Waals surface area contributed by atoms with Crippen LogP contribution in [0.3, 0.4) is 0 Å². The van der Waals surface area contributed by atoms with Crippen molar-refractivity contribution in [2.24, 2.45) is 0 Å². The van der Waals surface area contributed by atoms with Crippen molar-refractivity contribution in [2.75, 3.05) is 6.61 Å². The van der Waals surface area contributed by atoms with Crippen molar-refractivity contribution in [1.82, 2.24) is 4.57 Å². The van der Waals surface area contributed by atoms with Crippen LogP contribution in [0.15, 0.2) is 48.5 Å². The second kappa shape index (κ2) is 9.87. The summed E-state index contributed by atoms with van der Waals surface area (Å²) in [5, 5.41) is 9.62. The molecule has 3 aromatic rings. The monoisotopic (exact) mass is 555 g/mol. The summed E-state index contributed by atoms with van der Waals surface area (Å²) in [6.45, 7) is 0.274. The van der Waals surface area contributed by atoms with E-state index in [-0.39, 0.29) is 17.7 Å². The average Bonchev–Trinajstić information content (AvgIpc) is 3.14. The molecule has 14 heteroatoms. The van der Waals surface area contributed by atoms with Crippen molar-refractivity contribution < 1.29 is 58.9 Å². The zero-order valence-corrected chi connectivity index (χ0v) is 19.3. The maximum Gasteiger partial charge on any atom is 0.460 e. The first-order chi connectivity index (χ1) is 17.4. The molecule has 1 aromatic heterocycles. The Kier molecular flexibility index (Phi) is 7.50. The maximum atomic E-state index is 13.6. The predicted octanol–water partition coefficient (Wildman–Crippen LogP) is 6.50. The first-order valence-electron chi connectivity index (χ1n) is 10.7. The van der Waals surface area contributed by atoms with E-state index in [1.165, 1.54) is 16.7 Å². The number of aliphatic carboxylic acids is 1. The van der Waals surface area contributed by atoms with Gasteiger partial charge in [-0.15, -0.1) is 0 Å². The fourth-order valence-corrected chi connectivity index (χ4v) is 3.70. The molecule has 0 saturated heterocycles. The van der Waals surface area contributed by atoms with E-state index >= 15 is 0 Å². The summed E-state index contributed by atoms with van der Waals surface area (Å²) in [6.07, 6.45) is -9.33. The summed E-state index contributed by atoms with van der Waals surface area (Å²) in [6, 6.07) is 11.0. The number of hydrogen-bond donors (Lipinski definition) is 1. The molecule has 0 fully saturated rings. The quantitative estimate of drug-likeness (QED) is 0.306. The Morgan fingerprint density at radius 1 is 0.895 bits per heavy atom. The van der Waals surface area contributed by atoms with E-state index < -0.39 is 48.8 Å². The van der Waals surface area contributed by atoms with Crippen LogP contribution < -0.4 is 4.74 Å². The number of carbonyl (C=O) groups excluding carboxylic acids is 1. The Hall–Kier alpha value is -3.71. The highest BCUT2D eigenvalue weighted by Gasteiger charge is 2.81. The van der Waals surface area contributed by atoms with Crippen LogP contribution in [0.1, 0.15) is 28.0 Å². The number of carbonyl (C=O) groups is 2. The normalized spacial score (nSPS) is 13.1. The van der Waals surface area contributed by atoms with Crippen LogP contribution in [-0.2, 0) is 11.2 Å². The molecular formula is C24H18F9NO4. The van der Waals surface area contributed by atoms with Gasteiger partial charge in [0.2, 0.25) is 0 Å². The second-order valence-corrected chi connectivity index (χ2v) is 8.32. The molecule has 0 aliphatic rings. The predicted molar refractivity (Wildman–Crippen MR) is 115 cm³/mol. The Bertz CT molecular complexity index is 1350. The van der Waals surface area contributed by atoms with E-state index in [0.717, 1.165) is 12.1 Å². The fraction of sp³-hybridized carbons (Fsp3) is 0.333. The van der Waals surface area contributed by atoms with Crippen LogP contribution in [0.2, 0.25) is 0 Å². The molecule has 0 amide bonds. The molecule has 5 nitrogen and oxygen atoms in total. The lowest BCUT2D eigenvalue weighted by molar-refractivity contribution is -0.397. The molecular weight excluding hydrogens is 537 g/mol. The van der Waals surface area contributed by atoms with E-state index in [9.17, 15) is 49.1 Å². The van der Waals surface area contributed by atoms with Gasteiger partial charge in [0, 0.05) is 16.6 Å². The molecule has 0 saturated carbocycles. The van der Waals surface area contributed by atoms with Crippen LogP contribution in [0, 0.1) is 6.92 Å². The number of carboxylic acid groups (broad SMARTS) is 1. The van der Waals surface area contributed by atoms with Crippen molar-refractivity contribution in [1.29, 1.82) is 0 Å². The van der Waals surface area contributed by atoms with Gasteiger partial charge in [0.25, 0.3) is 5.91 Å². The summed E-state index contributed by atoms with van der Waals surface area (Å²) in [5.74, 6) is -21.3. The zero-order chi connectivity index (χ0) is 28.7. The summed E-state index contributed by atoms with van der Waals surface area (Å²) in [7, 11) is 0. The Morgan fingerprint density at radius 2 is 1.50 bits per heavy atom. The lowest BCUT2D eigenvalue weighted by atomic mass is 10.0. The molecule has 1 N–H and O–H groups in total. The standard InChI is InChI=1S/C24H18F9NO4/c1-13-11-17-15(12-19(35)36)3-2-4-18(17)34(13)20(37)14-5-7-16(8-6-14)38-10-9-21(25,26)22(27,28)23(29,30)24(31,32)33/h2-8,11H,9-10,12H2,1H3,(H,35,36). The first kappa shape index (κ1) is 28.9. The number of aryl methyl sites for hydroxylation is 1. The number of fused-ring (bicyclic) bond motifs is 1. The van der Waals surface area contributed by atoms with Gasteiger partial charge in [0.05, 0.1) is 25.0 Å². The third kappa shape index (κ3) is 5.16. The fourth-order valence-electron chi connectivity index (χ4n) is 3.70. The van der Waals surface area contributed by atoms with Gasteiger partial charge in [-0.2, -0.15) is 39.5 Å². The minimum atomic E-state index is -6.97. The number of ether oxygens (including phenoxy) is 1. The number of nitrogens with zero attached hydrogens (tertiary/aromatic N) is 1. The largest absolute Gasteiger partial charge is 0.493 e. The number of benzene rings is 2. The highest BCUT2D eigenvalue weighted by atomic mass is 19.4. The zero-order valence-electron chi connectivity index (χ0n) is 19.3. The Balaban J connectivity index is 1.73. The highest BCUT2D eigenvalue weighted by Crippen LogP contribution is 2.54. The molecule has 0 radical (unpaired) electrons. The van der Waals surface area contributed by atoms with Gasteiger partial charge in [-0.3, -0.25) is 14.2 Å². The second-order valence-electron chi connectivity index (χ2n) is 8.32. The van der Waals surface area contributed by atoms with Crippen LogP contribution in [-0.4, -0.2) is 52.1 Å². The van der Waals surface area contributed by atoms with Crippen LogP contribution in [0.4, 0.5) is 39.5 Å². The van der Waals surface area contributed by atoms with E-state index in [0.29, 0.717) is 22.2 Å². The minimum absolute atomic E-state index is 0.0586. The van der Waals surface area contributed by atoms with Gasteiger partial charge < -0.3 is 9.84 Å². The van der Waals surface area contributed by atoms with Crippen LogP contribution >= 0.6 is 0 Å². The van der Waals surface area contributed by atoms with Crippen molar-refractivity contribution in [3.8, 4) is 5.75 Å². The van der Waals surface area contributed by atoms with Gasteiger partial charge in [-0.05, 0) is 48.9 Å². The number of alkyl halides is 9. The minimum Gasteiger partial charge on any atom is -0.493 e. The molecule has 0 spiro atoms. The SMILES string of the molecule is Cc1cc2c(CC(=O)O)cccc2n1C(=O)c1ccc(OCCC(F)(F)C(F)(F)C(F)(F)C(F)(F)F)cc1. The number of rotatable bonds is 9. The van der Waals surface area contributed by atoms with Crippen molar-refractivity contribution in [2.45, 2.75) is 43.7 Å². The van der Waals surface area contributed by atoms with E-state index in [4.69, 9.17) is 9.84 Å². The van der Waals surface area contributed by atoms with Crippen LogP contribution in [0.5, 0.6) is 5.75 Å². The Morgan fingerprint density at radius 3 is 2.05 bits per heavy atom. The molecule has 0 atom stereocenters. The lowest BCUT2D eigenvalue weighted by Gasteiger charge is -2.33. The summed E-state index contributed by atoms with van der Waals surface area (Å²) >= 11 is 0. The van der Waals surface area contributed by atoms with E-state index in [2.05, 4.69) is 0 Å². The molecule has 0 bridgehead atoms.